The van der Waals surface area contributed by atoms with Crippen LogP contribution in [0.1, 0.15) is 6.92 Å². The van der Waals surface area contributed by atoms with E-state index >= 15 is 0 Å². The Kier molecular flexibility index (Phi) is 5.10. The number of amides is 1. The average molecular weight is 173 g/mol. The normalized spacial score (nSPS) is 8.09. The zero-order valence-corrected chi connectivity index (χ0v) is 7.12. The molecular weight excluding hydrogens is 162 g/mol. The van der Waals surface area contributed by atoms with Gasteiger partial charge in [0, 0.05) is 13.5 Å². The molecule has 0 aliphatic carbocycles. The van der Waals surface area contributed by atoms with E-state index in [1.165, 1.54) is 6.92 Å². The van der Waals surface area contributed by atoms with Crippen LogP contribution in [-0.2, 0) is 4.79 Å². The molecule has 0 aromatic heterocycles. The first kappa shape index (κ1) is 9.90. The van der Waals surface area contributed by atoms with Crippen molar-refractivity contribution in [2.45, 2.75) is 6.92 Å². The summed E-state index contributed by atoms with van der Waals surface area (Å²) >= 11 is 4.75. The van der Waals surface area contributed by atoms with Gasteiger partial charge in [-0.1, -0.05) is 6.08 Å². The van der Waals surface area contributed by atoms with Crippen molar-refractivity contribution in [2.24, 2.45) is 0 Å². The molecule has 0 saturated heterocycles. The largest absolute Gasteiger partial charge is 0.358 e. The van der Waals surface area contributed by atoms with Crippen LogP contribution in [-0.4, -0.2) is 17.6 Å². The fourth-order valence-electron chi connectivity index (χ4n) is 0.354. The maximum atomic E-state index is 10.3. The van der Waals surface area contributed by atoms with Gasteiger partial charge in [0.2, 0.25) is 5.91 Å². The molecule has 0 atom stereocenters. The van der Waals surface area contributed by atoms with Crippen molar-refractivity contribution in [3.05, 3.63) is 12.7 Å². The molecule has 3 N–H and O–H groups in total. The van der Waals surface area contributed by atoms with Crippen LogP contribution in [0.15, 0.2) is 12.7 Å². The summed E-state index contributed by atoms with van der Waals surface area (Å²) in [6, 6.07) is 0. The zero-order valence-electron chi connectivity index (χ0n) is 6.31. The Morgan fingerprint density at radius 2 is 2.27 bits per heavy atom. The van der Waals surface area contributed by atoms with Crippen molar-refractivity contribution in [3.63, 3.8) is 0 Å². The molecule has 0 unspecified atom stereocenters. The summed E-state index contributed by atoms with van der Waals surface area (Å²) in [6.45, 7) is 5.46. The molecule has 5 heteroatoms. The summed E-state index contributed by atoms with van der Waals surface area (Å²) in [5.74, 6) is -0.187. The monoisotopic (exact) mass is 173 g/mol. The summed E-state index contributed by atoms with van der Waals surface area (Å²) in [7, 11) is 0. The minimum absolute atomic E-state index is 0.187. The Labute approximate surface area is 71.0 Å². The fourth-order valence-corrected chi connectivity index (χ4v) is 0.488. The lowest BCUT2D eigenvalue weighted by Crippen LogP contribution is -2.45. The Morgan fingerprint density at radius 1 is 1.64 bits per heavy atom. The van der Waals surface area contributed by atoms with E-state index in [2.05, 4.69) is 22.7 Å². The van der Waals surface area contributed by atoms with E-state index in [-0.39, 0.29) is 5.91 Å². The van der Waals surface area contributed by atoms with E-state index in [1.807, 2.05) is 0 Å². The van der Waals surface area contributed by atoms with Crippen LogP contribution in [0.25, 0.3) is 0 Å². The summed E-state index contributed by atoms with van der Waals surface area (Å²) in [4.78, 5) is 10.3. The molecule has 0 aromatic carbocycles. The topological polar surface area (TPSA) is 53.2 Å². The van der Waals surface area contributed by atoms with Gasteiger partial charge >= 0.3 is 0 Å². The van der Waals surface area contributed by atoms with Gasteiger partial charge in [0.25, 0.3) is 0 Å². The fraction of sp³-hybridized carbons (Fsp3) is 0.333. The summed E-state index contributed by atoms with van der Waals surface area (Å²) in [6.07, 6.45) is 1.67. The highest BCUT2D eigenvalue weighted by Crippen LogP contribution is 1.64. The van der Waals surface area contributed by atoms with Crippen molar-refractivity contribution in [1.29, 1.82) is 0 Å². The standard InChI is InChI=1S/C6H11N3OS/c1-3-4-7-6(11)9-8-5(2)10/h3H,1,4H2,2H3,(H,8,10)(H2,7,9,11). The first-order chi connectivity index (χ1) is 5.16. The molecule has 0 fully saturated rings. The Bertz CT molecular complexity index is 169. The van der Waals surface area contributed by atoms with Crippen LogP contribution in [0.3, 0.4) is 0 Å². The van der Waals surface area contributed by atoms with E-state index in [0.29, 0.717) is 11.7 Å². The van der Waals surface area contributed by atoms with Crippen LogP contribution < -0.4 is 16.2 Å². The second-order valence-corrected chi connectivity index (χ2v) is 2.21. The van der Waals surface area contributed by atoms with E-state index < -0.39 is 0 Å². The maximum Gasteiger partial charge on any atom is 0.235 e. The molecule has 4 nitrogen and oxygen atoms in total. The Hall–Kier alpha value is -1.10. The quantitative estimate of drug-likeness (QED) is 0.304. The van der Waals surface area contributed by atoms with Gasteiger partial charge in [0.1, 0.15) is 0 Å². The van der Waals surface area contributed by atoms with E-state index in [0.717, 1.165) is 0 Å². The van der Waals surface area contributed by atoms with Crippen LogP contribution in [0.5, 0.6) is 0 Å². The third-order valence-electron chi connectivity index (χ3n) is 0.759. The van der Waals surface area contributed by atoms with Gasteiger partial charge in [-0.15, -0.1) is 6.58 Å². The predicted molar refractivity (Wildman–Crippen MR) is 47.8 cm³/mol. The number of carbonyl (C=O) groups excluding carboxylic acids is 1. The van der Waals surface area contributed by atoms with Gasteiger partial charge in [-0.3, -0.25) is 15.6 Å². The molecule has 0 aromatic rings. The highest BCUT2D eigenvalue weighted by atomic mass is 32.1. The molecular formula is C6H11N3OS. The van der Waals surface area contributed by atoms with Gasteiger partial charge in [-0.05, 0) is 12.2 Å². The summed E-state index contributed by atoms with van der Waals surface area (Å²) < 4.78 is 0. The molecule has 11 heavy (non-hydrogen) atoms. The molecule has 0 aliphatic rings. The predicted octanol–water partition coefficient (Wildman–Crippen LogP) is -0.312. The minimum Gasteiger partial charge on any atom is -0.358 e. The lowest BCUT2D eigenvalue weighted by atomic mass is 10.6. The van der Waals surface area contributed by atoms with Crippen molar-refractivity contribution < 1.29 is 4.79 Å². The van der Waals surface area contributed by atoms with Crippen LogP contribution >= 0.6 is 12.2 Å². The number of hydrogen-bond acceptors (Lipinski definition) is 2. The molecule has 1 amide bonds. The number of rotatable bonds is 2. The second kappa shape index (κ2) is 5.67. The second-order valence-electron chi connectivity index (χ2n) is 1.80. The molecule has 0 aliphatic heterocycles. The first-order valence-corrected chi connectivity index (χ1v) is 3.49. The van der Waals surface area contributed by atoms with Gasteiger partial charge in [0.05, 0.1) is 0 Å². The molecule has 0 bridgehead atoms. The zero-order chi connectivity index (χ0) is 8.69. The number of hydrogen-bond donors (Lipinski definition) is 3. The lowest BCUT2D eigenvalue weighted by Gasteiger charge is -2.07. The summed E-state index contributed by atoms with van der Waals surface area (Å²) in [5.41, 5.74) is 4.82. The van der Waals surface area contributed by atoms with Gasteiger partial charge in [-0.25, -0.2) is 0 Å². The third kappa shape index (κ3) is 6.79. The van der Waals surface area contributed by atoms with Crippen LogP contribution in [0.4, 0.5) is 0 Å². The molecule has 0 rings (SSSR count). The molecule has 0 heterocycles. The molecule has 62 valence electrons. The van der Waals surface area contributed by atoms with E-state index in [4.69, 9.17) is 12.2 Å². The van der Waals surface area contributed by atoms with Gasteiger partial charge < -0.3 is 5.32 Å². The van der Waals surface area contributed by atoms with Crippen molar-refractivity contribution in [1.82, 2.24) is 16.2 Å². The minimum atomic E-state index is -0.187. The Morgan fingerprint density at radius 3 is 2.73 bits per heavy atom. The van der Waals surface area contributed by atoms with Crippen molar-refractivity contribution >= 4 is 23.2 Å². The van der Waals surface area contributed by atoms with Gasteiger partial charge in [-0.2, -0.15) is 0 Å². The van der Waals surface area contributed by atoms with Crippen LogP contribution in [0.2, 0.25) is 0 Å². The van der Waals surface area contributed by atoms with Crippen LogP contribution in [0, 0.1) is 0 Å². The highest BCUT2D eigenvalue weighted by Gasteiger charge is 1.91. The number of carbonyl (C=O) groups is 1. The van der Waals surface area contributed by atoms with E-state index in [1.54, 1.807) is 6.08 Å². The number of hydrazine groups is 1. The highest BCUT2D eigenvalue weighted by molar-refractivity contribution is 7.80. The molecule has 0 spiro atoms. The maximum absolute atomic E-state index is 10.3. The first-order valence-electron chi connectivity index (χ1n) is 3.08. The molecule has 0 radical (unpaired) electrons. The third-order valence-corrected chi connectivity index (χ3v) is 1.01. The number of nitrogens with one attached hydrogen (secondary N) is 3. The Balaban J connectivity index is 3.37. The van der Waals surface area contributed by atoms with Gasteiger partial charge in [0.15, 0.2) is 5.11 Å². The number of thiocarbonyl (C=S) groups is 1. The smallest absolute Gasteiger partial charge is 0.235 e. The van der Waals surface area contributed by atoms with Crippen molar-refractivity contribution in [3.8, 4) is 0 Å². The SMILES string of the molecule is C=CCNC(=S)NNC(C)=O. The molecule has 0 saturated carbocycles. The average Bonchev–Trinajstić information content (AvgIpc) is 1.97. The van der Waals surface area contributed by atoms with Crippen molar-refractivity contribution in [2.75, 3.05) is 6.54 Å². The lowest BCUT2D eigenvalue weighted by molar-refractivity contribution is -0.119. The summed E-state index contributed by atoms with van der Waals surface area (Å²) in [5, 5.41) is 3.15. The van der Waals surface area contributed by atoms with E-state index in [9.17, 15) is 4.79 Å².